The molecule has 1 aliphatic rings. The predicted octanol–water partition coefficient (Wildman–Crippen LogP) is 4.65. The summed E-state index contributed by atoms with van der Waals surface area (Å²) in [7, 11) is 0. The Bertz CT molecular complexity index is 1050. The number of aromatic hydroxyl groups is 4. The van der Waals surface area contributed by atoms with E-state index in [2.05, 4.69) is 0 Å². The van der Waals surface area contributed by atoms with Gasteiger partial charge in [-0.2, -0.15) is 0 Å². The van der Waals surface area contributed by atoms with Gasteiger partial charge in [-0.15, -0.1) is 0 Å². The number of hydrogen-bond donors (Lipinski definition) is 5. The molecule has 1 heterocycles. The van der Waals surface area contributed by atoms with Gasteiger partial charge >= 0.3 is 0 Å². The Balaban J connectivity index is 1.80. The normalized spacial score (nSPS) is 16.6. The molecule has 1 atom stereocenters. The zero-order chi connectivity index (χ0) is 23.6. The standard InChI is InChI=1S/C25H30O7/c1-14(5-4-8-25(2,3)31)6-7-15-9-16(10-20(29)24(15)30)21-13-19(28)23-18(27)11-17(26)12-22(23)32-21/h6,9-12,21,26-27,29-31H,4-5,7-8,13H2,1-3H3/t21-/m0/s1. The van der Waals surface area contributed by atoms with Gasteiger partial charge in [0.05, 0.1) is 12.0 Å². The lowest BCUT2D eigenvalue weighted by Gasteiger charge is -2.26. The molecule has 0 saturated heterocycles. The van der Waals surface area contributed by atoms with E-state index in [0.29, 0.717) is 24.0 Å². The fourth-order valence-electron chi connectivity index (χ4n) is 3.84. The Kier molecular flexibility index (Phi) is 6.69. The summed E-state index contributed by atoms with van der Waals surface area (Å²) >= 11 is 0. The van der Waals surface area contributed by atoms with E-state index in [1.54, 1.807) is 19.9 Å². The molecule has 0 radical (unpaired) electrons. The number of aliphatic hydroxyl groups is 1. The molecule has 0 saturated carbocycles. The zero-order valence-corrected chi connectivity index (χ0v) is 18.6. The van der Waals surface area contributed by atoms with Crippen molar-refractivity contribution in [1.29, 1.82) is 0 Å². The van der Waals surface area contributed by atoms with Gasteiger partial charge < -0.3 is 30.3 Å². The van der Waals surface area contributed by atoms with Crippen LogP contribution in [-0.2, 0) is 6.42 Å². The highest BCUT2D eigenvalue weighted by Crippen LogP contribution is 2.43. The van der Waals surface area contributed by atoms with E-state index in [4.69, 9.17) is 4.74 Å². The van der Waals surface area contributed by atoms with Crippen LogP contribution in [0.4, 0.5) is 0 Å². The number of carbonyl (C=O) groups excluding carboxylic acids is 1. The Hall–Kier alpha value is -3.19. The minimum atomic E-state index is -0.738. The molecule has 2 aromatic carbocycles. The maximum Gasteiger partial charge on any atom is 0.174 e. The first-order valence-electron chi connectivity index (χ1n) is 10.6. The maximum atomic E-state index is 12.6. The summed E-state index contributed by atoms with van der Waals surface area (Å²) < 4.78 is 5.84. The van der Waals surface area contributed by atoms with Gasteiger partial charge in [-0.05, 0) is 64.2 Å². The Morgan fingerprint density at radius 1 is 1.12 bits per heavy atom. The number of benzene rings is 2. The molecule has 0 aliphatic carbocycles. The Morgan fingerprint density at radius 3 is 2.53 bits per heavy atom. The molecule has 0 amide bonds. The van der Waals surface area contributed by atoms with E-state index < -0.39 is 11.7 Å². The van der Waals surface area contributed by atoms with Crippen LogP contribution in [0.25, 0.3) is 0 Å². The highest BCUT2D eigenvalue weighted by Gasteiger charge is 2.31. The molecular formula is C25H30O7. The zero-order valence-electron chi connectivity index (χ0n) is 18.6. The van der Waals surface area contributed by atoms with Gasteiger partial charge in [0.2, 0.25) is 0 Å². The van der Waals surface area contributed by atoms with Crippen molar-refractivity contribution in [1.82, 2.24) is 0 Å². The number of phenolic OH excluding ortho intramolecular Hbond substituents is 4. The van der Waals surface area contributed by atoms with E-state index in [0.717, 1.165) is 24.5 Å². The number of hydrogen-bond acceptors (Lipinski definition) is 7. The summed E-state index contributed by atoms with van der Waals surface area (Å²) in [4.78, 5) is 12.6. The van der Waals surface area contributed by atoms with Crippen molar-refractivity contribution in [2.75, 3.05) is 0 Å². The molecule has 0 bridgehead atoms. The van der Waals surface area contributed by atoms with E-state index in [-0.39, 0.29) is 46.5 Å². The molecule has 7 heteroatoms. The van der Waals surface area contributed by atoms with Crippen LogP contribution in [0.2, 0.25) is 0 Å². The van der Waals surface area contributed by atoms with Gasteiger partial charge in [0.25, 0.3) is 0 Å². The summed E-state index contributed by atoms with van der Waals surface area (Å²) in [5.74, 6) is -1.39. The molecule has 0 unspecified atom stereocenters. The van der Waals surface area contributed by atoms with E-state index in [1.807, 2.05) is 13.0 Å². The Labute approximate surface area is 187 Å². The van der Waals surface area contributed by atoms with Crippen molar-refractivity contribution in [3.05, 3.63) is 52.6 Å². The molecule has 7 nitrogen and oxygen atoms in total. The average molecular weight is 443 g/mol. The predicted molar refractivity (Wildman–Crippen MR) is 119 cm³/mol. The number of ketones is 1. The first-order valence-corrected chi connectivity index (χ1v) is 10.6. The van der Waals surface area contributed by atoms with E-state index in [9.17, 15) is 30.3 Å². The lowest BCUT2D eigenvalue weighted by Crippen LogP contribution is -2.20. The van der Waals surface area contributed by atoms with Crippen LogP contribution in [-0.4, -0.2) is 36.9 Å². The third-order valence-electron chi connectivity index (χ3n) is 5.58. The maximum absolute atomic E-state index is 12.6. The van der Waals surface area contributed by atoms with Crippen LogP contribution < -0.4 is 4.74 Å². The summed E-state index contributed by atoms with van der Waals surface area (Å²) in [5, 5.41) is 50.1. The molecule has 1 aliphatic heterocycles. The monoisotopic (exact) mass is 442 g/mol. The third-order valence-corrected chi connectivity index (χ3v) is 5.58. The number of phenols is 4. The van der Waals surface area contributed by atoms with Gasteiger partial charge in [-0.25, -0.2) is 0 Å². The minimum absolute atomic E-state index is 0.0203. The first kappa shape index (κ1) is 23.5. The minimum Gasteiger partial charge on any atom is -0.508 e. The molecule has 5 N–H and O–H groups in total. The molecular weight excluding hydrogens is 412 g/mol. The quantitative estimate of drug-likeness (QED) is 0.312. The van der Waals surface area contributed by atoms with E-state index >= 15 is 0 Å². The van der Waals surface area contributed by atoms with Crippen molar-refractivity contribution in [3.63, 3.8) is 0 Å². The van der Waals surface area contributed by atoms with Crippen LogP contribution >= 0.6 is 0 Å². The summed E-state index contributed by atoms with van der Waals surface area (Å²) in [5.41, 5.74) is 1.41. The molecule has 0 spiro atoms. The summed E-state index contributed by atoms with van der Waals surface area (Å²) in [6.07, 6.45) is 3.86. The van der Waals surface area contributed by atoms with E-state index in [1.165, 1.54) is 12.1 Å². The Morgan fingerprint density at radius 2 is 1.84 bits per heavy atom. The second kappa shape index (κ2) is 9.12. The smallest absolute Gasteiger partial charge is 0.174 e. The van der Waals surface area contributed by atoms with Crippen molar-refractivity contribution in [3.8, 4) is 28.7 Å². The van der Waals surface area contributed by atoms with Crippen LogP contribution in [0.5, 0.6) is 28.7 Å². The highest BCUT2D eigenvalue weighted by molar-refractivity contribution is 6.02. The third kappa shape index (κ3) is 5.53. The number of Topliss-reactive ketones (excluding diaryl/α,β-unsaturated/α-hetero) is 1. The van der Waals surface area contributed by atoms with Crippen LogP contribution in [0, 0.1) is 0 Å². The van der Waals surface area contributed by atoms with Crippen molar-refractivity contribution in [2.24, 2.45) is 0 Å². The molecule has 0 fully saturated rings. The van der Waals surface area contributed by atoms with Gasteiger partial charge in [0, 0.05) is 17.7 Å². The molecule has 172 valence electrons. The highest BCUT2D eigenvalue weighted by atomic mass is 16.5. The SMILES string of the molecule is CC(=CCc1cc([C@@H]2CC(=O)c3c(O)cc(O)cc3O2)cc(O)c1O)CCCC(C)(C)O. The lowest BCUT2D eigenvalue weighted by atomic mass is 9.93. The molecule has 3 rings (SSSR count). The van der Waals surface area contributed by atoms with Crippen molar-refractivity contribution >= 4 is 5.78 Å². The largest absolute Gasteiger partial charge is 0.508 e. The number of allylic oxidation sites excluding steroid dienone is 2. The van der Waals surface area contributed by atoms with Crippen LogP contribution in [0.3, 0.4) is 0 Å². The van der Waals surface area contributed by atoms with Crippen LogP contribution in [0.15, 0.2) is 35.9 Å². The van der Waals surface area contributed by atoms with Crippen molar-refractivity contribution in [2.45, 2.75) is 64.6 Å². The molecule has 0 aromatic heterocycles. The number of rotatable bonds is 7. The molecule has 2 aromatic rings. The second-order valence-corrected chi connectivity index (χ2v) is 9.04. The second-order valence-electron chi connectivity index (χ2n) is 9.04. The fourth-order valence-corrected chi connectivity index (χ4v) is 3.84. The van der Waals surface area contributed by atoms with Gasteiger partial charge in [0.15, 0.2) is 17.3 Å². The van der Waals surface area contributed by atoms with Crippen molar-refractivity contribution < 1.29 is 35.1 Å². The topological polar surface area (TPSA) is 127 Å². The summed E-state index contributed by atoms with van der Waals surface area (Å²) in [6.45, 7) is 5.53. The number of fused-ring (bicyclic) bond motifs is 1. The van der Waals surface area contributed by atoms with Gasteiger partial charge in [0.1, 0.15) is 28.9 Å². The summed E-state index contributed by atoms with van der Waals surface area (Å²) in [6, 6.07) is 5.38. The number of carbonyl (C=O) groups is 1. The molecule has 32 heavy (non-hydrogen) atoms. The van der Waals surface area contributed by atoms with Crippen LogP contribution in [0.1, 0.15) is 74.0 Å². The number of ether oxygens (including phenoxy) is 1. The average Bonchev–Trinajstić information content (AvgIpc) is 2.67. The fraction of sp³-hybridized carbons (Fsp3) is 0.400. The van der Waals surface area contributed by atoms with Gasteiger partial charge in [-0.1, -0.05) is 11.6 Å². The van der Waals surface area contributed by atoms with Gasteiger partial charge in [-0.3, -0.25) is 4.79 Å². The lowest BCUT2D eigenvalue weighted by molar-refractivity contribution is 0.0689. The first-order chi connectivity index (χ1) is 14.9.